The monoisotopic (exact) mass is 669 g/mol. The Kier molecular flexibility index (Phi) is 9.02. The van der Waals surface area contributed by atoms with E-state index in [0.29, 0.717) is 11.1 Å². The van der Waals surface area contributed by atoms with E-state index in [4.69, 9.17) is 4.74 Å². The maximum absolute atomic E-state index is 6.06. The Hall–Kier alpha value is -3.14. The van der Waals surface area contributed by atoms with E-state index < -0.39 is 8.07 Å². The van der Waals surface area contributed by atoms with Crippen LogP contribution >= 0.6 is 0 Å². The summed E-state index contributed by atoms with van der Waals surface area (Å²) in [6.07, 6.45) is 11.4. The molecule has 49 heavy (non-hydrogen) atoms. The smallest absolute Gasteiger partial charge is 0.0747 e. The molecule has 0 fully saturated rings. The fourth-order valence-corrected chi connectivity index (χ4v) is 16.8. The van der Waals surface area contributed by atoms with E-state index in [-0.39, 0.29) is 5.60 Å². The second-order valence-electron chi connectivity index (χ2n) is 17.1. The second kappa shape index (κ2) is 12.9. The Labute approximate surface area is 297 Å². The Morgan fingerprint density at radius 3 is 2.22 bits per heavy atom. The van der Waals surface area contributed by atoms with Gasteiger partial charge in [-0.3, -0.25) is 0 Å². The quantitative estimate of drug-likeness (QED) is 0.121. The third kappa shape index (κ3) is 5.83. The number of hydrogen-bond acceptors (Lipinski definition) is 1. The molecule has 258 valence electrons. The molecule has 2 atom stereocenters. The first-order valence-electron chi connectivity index (χ1n) is 19.2. The molecule has 0 saturated heterocycles. The van der Waals surface area contributed by atoms with E-state index in [0.717, 1.165) is 13.0 Å². The van der Waals surface area contributed by atoms with Gasteiger partial charge in [0.25, 0.3) is 0 Å². The first kappa shape index (κ1) is 34.3. The van der Waals surface area contributed by atoms with Gasteiger partial charge in [0.15, 0.2) is 0 Å². The summed E-state index contributed by atoms with van der Waals surface area (Å²) in [5.74, 6) is 0. The van der Waals surface area contributed by atoms with Crippen LogP contribution < -0.4 is 0 Å². The predicted octanol–water partition coefficient (Wildman–Crippen LogP) is 13.0. The van der Waals surface area contributed by atoms with Crippen LogP contribution in [-0.2, 0) is 24.6 Å². The molecule has 0 aliphatic heterocycles. The summed E-state index contributed by atoms with van der Waals surface area (Å²) in [6.45, 7) is 22.4. The van der Waals surface area contributed by atoms with Crippen molar-refractivity contribution < 1.29 is 4.74 Å². The lowest BCUT2D eigenvalue weighted by Crippen LogP contribution is -2.44. The molecule has 2 unspecified atom stereocenters. The molecule has 1 aromatic heterocycles. The molecule has 7 rings (SSSR count). The molecule has 3 aliphatic carbocycles. The molecule has 0 saturated carbocycles. The topological polar surface area (TPSA) is 14.2 Å². The summed E-state index contributed by atoms with van der Waals surface area (Å²) in [5.41, 5.74) is 21.2. The van der Waals surface area contributed by atoms with E-state index in [9.17, 15) is 0 Å². The number of para-hydroxylation sites is 1. The van der Waals surface area contributed by atoms with Gasteiger partial charge in [0.1, 0.15) is 0 Å². The lowest BCUT2D eigenvalue weighted by molar-refractivity contribution is -0.00471. The molecule has 2 nitrogen and oxygen atoms in total. The average molecular weight is 670 g/mol. The normalized spacial score (nSPS) is 19.4. The highest BCUT2D eigenvalue weighted by molar-refractivity contribution is 6.83. The zero-order chi connectivity index (χ0) is 34.8. The van der Waals surface area contributed by atoms with Gasteiger partial charge in [-0.05, 0) is 149 Å². The zero-order valence-electron chi connectivity index (χ0n) is 32.1. The van der Waals surface area contributed by atoms with Crippen LogP contribution in [0.5, 0.6) is 0 Å². The Morgan fingerprint density at radius 1 is 0.796 bits per heavy atom. The maximum atomic E-state index is 6.06. The minimum absolute atomic E-state index is 0.0448. The van der Waals surface area contributed by atoms with E-state index >= 15 is 0 Å². The molecule has 0 amide bonds. The minimum Gasteiger partial charge on any atom is -0.376 e. The predicted molar refractivity (Wildman–Crippen MR) is 215 cm³/mol. The molecule has 0 radical (unpaired) electrons. The molecule has 0 bridgehead atoms. The molecule has 3 heteroatoms. The Bertz CT molecular complexity index is 2020. The Balaban J connectivity index is 1.31. The molecule has 0 spiro atoms. The minimum atomic E-state index is -1.96. The van der Waals surface area contributed by atoms with E-state index in [1.165, 1.54) is 83.1 Å². The van der Waals surface area contributed by atoms with Crippen LogP contribution in [-0.4, -0.2) is 24.8 Å². The first-order chi connectivity index (χ1) is 23.3. The van der Waals surface area contributed by atoms with Gasteiger partial charge in [-0.1, -0.05) is 85.0 Å². The van der Waals surface area contributed by atoms with Gasteiger partial charge in [-0.25, -0.2) is 0 Å². The third-order valence-electron chi connectivity index (χ3n) is 12.9. The summed E-state index contributed by atoms with van der Waals surface area (Å²) < 4.78 is 8.42. The van der Waals surface area contributed by atoms with Crippen LogP contribution in [0, 0.1) is 0 Å². The second-order valence-corrected chi connectivity index (χ2v) is 21.7. The number of benzene rings is 3. The van der Waals surface area contributed by atoms with Crippen molar-refractivity contribution in [1.29, 1.82) is 0 Å². The summed E-state index contributed by atoms with van der Waals surface area (Å²) in [7, 11) is 0.254. The van der Waals surface area contributed by atoms with Gasteiger partial charge in [-0.15, -0.1) is 0 Å². The summed E-state index contributed by atoms with van der Waals surface area (Å²) in [5, 5.41) is 2.73. The van der Waals surface area contributed by atoms with E-state index in [2.05, 4.69) is 128 Å². The number of aromatic nitrogens is 1. The van der Waals surface area contributed by atoms with Gasteiger partial charge >= 0.3 is 0 Å². The molecule has 1 heterocycles. The number of unbranched alkanes of at least 4 members (excludes halogenated alkanes) is 3. The highest BCUT2D eigenvalue weighted by atomic mass is 28.3. The van der Waals surface area contributed by atoms with E-state index in [1.807, 2.05) is 0 Å². The fraction of sp³-hybridized carbons (Fsp3) is 0.478. The molecular formula is C46H59NOSi. The number of fused-ring (bicyclic) bond motifs is 5. The van der Waals surface area contributed by atoms with Crippen molar-refractivity contribution >= 4 is 36.0 Å². The van der Waals surface area contributed by atoms with Crippen molar-refractivity contribution in [2.45, 2.75) is 130 Å². The van der Waals surface area contributed by atoms with Crippen LogP contribution in [0.1, 0.15) is 115 Å². The maximum Gasteiger partial charge on any atom is 0.0747 e. The molecule has 4 aromatic rings. The fourth-order valence-electron chi connectivity index (χ4n) is 10.4. The number of ether oxygens (including phenoxy) is 1. The SMILES string of the molecule is CC1=Cc2c(cc3c(c2-c2ccc4c(c2)c2ccccc2n4C)CCC3)C1[Si](C)(CCCCCCOC(C)(C)C)C1C(C)=C(C)C(C)=C1C. The summed E-state index contributed by atoms with van der Waals surface area (Å²) in [4.78, 5) is 0. The van der Waals surface area contributed by atoms with E-state index in [1.54, 1.807) is 44.6 Å². The molecular weight excluding hydrogens is 611 g/mol. The number of allylic oxidation sites excluding steroid dienone is 5. The van der Waals surface area contributed by atoms with Gasteiger partial charge in [0.05, 0.1) is 13.7 Å². The number of rotatable bonds is 10. The third-order valence-corrected chi connectivity index (χ3v) is 18.6. The van der Waals surface area contributed by atoms with Crippen LogP contribution in [0.3, 0.4) is 0 Å². The number of nitrogens with zero attached hydrogens (tertiary/aromatic N) is 1. The van der Waals surface area contributed by atoms with Crippen LogP contribution in [0.25, 0.3) is 39.0 Å². The number of hydrogen-bond donors (Lipinski definition) is 0. The van der Waals surface area contributed by atoms with Gasteiger partial charge in [0, 0.05) is 41.0 Å². The van der Waals surface area contributed by atoms with Crippen molar-refractivity contribution in [3.63, 3.8) is 0 Å². The summed E-state index contributed by atoms with van der Waals surface area (Å²) >= 11 is 0. The average Bonchev–Trinajstić information content (AvgIpc) is 3.79. The van der Waals surface area contributed by atoms with Crippen LogP contribution in [0.15, 0.2) is 76.4 Å². The van der Waals surface area contributed by atoms with Crippen molar-refractivity contribution in [3.8, 4) is 11.1 Å². The van der Waals surface area contributed by atoms with Crippen LogP contribution in [0.4, 0.5) is 0 Å². The van der Waals surface area contributed by atoms with Gasteiger partial charge in [-0.2, -0.15) is 0 Å². The van der Waals surface area contributed by atoms with Gasteiger partial charge in [0.2, 0.25) is 0 Å². The molecule has 3 aromatic carbocycles. The van der Waals surface area contributed by atoms with Crippen molar-refractivity contribution in [1.82, 2.24) is 4.57 Å². The Morgan fingerprint density at radius 2 is 1.49 bits per heavy atom. The van der Waals surface area contributed by atoms with Crippen molar-refractivity contribution in [2.24, 2.45) is 7.05 Å². The highest BCUT2D eigenvalue weighted by Gasteiger charge is 2.50. The lowest BCUT2D eigenvalue weighted by atomic mass is 9.89. The van der Waals surface area contributed by atoms with Crippen molar-refractivity contribution in [2.75, 3.05) is 6.61 Å². The molecule has 0 N–H and O–H groups in total. The molecule has 3 aliphatic rings. The first-order valence-corrected chi connectivity index (χ1v) is 22.0. The number of aryl methyl sites for hydroxylation is 2. The standard InChI is InChI=1S/C46H59NOSi/c1-29-26-39-40(44(29)49(10,45-32(4)30(2)31(3)33(45)5)25-16-12-11-15-24-48-46(6,7)8)27-34-18-17-20-36(34)43(39)35-22-23-42-38(28-35)37-19-13-14-21-41(37)47(42)9/h13-14,19,21-23,26-28,44-45H,11-12,15-18,20,24-25H2,1-10H3. The van der Waals surface area contributed by atoms with Crippen LogP contribution in [0.2, 0.25) is 18.1 Å². The summed E-state index contributed by atoms with van der Waals surface area (Å²) in [6, 6.07) is 20.3. The highest BCUT2D eigenvalue weighted by Crippen LogP contribution is 2.58. The van der Waals surface area contributed by atoms with Crippen molar-refractivity contribution in [3.05, 3.63) is 98.7 Å². The largest absolute Gasteiger partial charge is 0.376 e. The zero-order valence-corrected chi connectivity index (χ0v) is 33.1. The lowest BCUT2D eigenvalue weighted by Gasteiger charge is -2.43. The van der Waals surface area contributed by atoms with Gasteiger partial charge < -0.3 is 9.30 Å².